The summed E-state index contributed by atoms with van der Waals surface area (Å²) in [5.74, 6) is 0.786. The number of methoxy groups -OCH3 is 1. The molecule has 2 rings (SSSR count). The Labute approximate surface area is 150 Å². The Hall–Kier alpha value is -1.95. The molecule has 0 aromatic heterocycles. The van der Waals surface area contributed by atoms with Gasteiger partial charge in [-0.3, -0.25) is 0 Å². The lowest BCUT2D eigenvalue weighted by Gasteiger charge is -2.41. The summed E-state index contributed by atoms with van der Waals surface area (Å²) in [4.78, 5) is 16.4. The molecule has 0 radical (unpaired) electrons. The molecule has 6 heteroatoms. The van der Waals surface area contributed by atoms with Crippen LogP contribution in [0.1, 0.15) is 33.3 Å². The summed E-state index contributed by atoms with van der Waals surface area (Å²) in [6.07, 6.45) is 0.322. The average molecular weight is 350 g/mol. The van der Waals surface area contributed by atoms with Crippen molar-refractivity contribution in [2.24, 2.45) is 0 Å². The van der Waals surface area contributed by atoms with Crippen LogP contribution in [0.2, 0.25) is 0 Å². The summed E-state index contributed by atoms with van der Waals surface area (Å²) in [5, 5.41) is 9.14. The van der Waals surface area contributed by atoms with E-state index in [0.29, 0.717) is 13.0 Å². The number of nitrogens with zero attached hydrogens (tertiary/aromatic N) is 2. The van der Waals surface area contributed by atoms with E-state index < -0.39 is 5.60 Å². The van der Waals surface area contributed by atoms with Gasteiger partial charge in [-0.2, -0.15) is 0 Å². The van der Waals surface area contributed by atoms with Crippen LogP contribution in [-0.4, -0.2) is 61.1 Å². The first-order valence-corrected chi connectivity index (χ1v) is 8.77. The van der Waals surface area contributed by atoms with Gasteiger partial charge < -0.3 is 24.4 Å². The zero-order chi connectivity index (χ0) is 18.6. The smallest absolute Gasteiger partial charge is 0.410 e. The van der Waals surface area contributed by atoms with Crippen molar-refractivity contribution in [1.82, 2.24) is 4.90 Å². The molecule has 25 heavy (non-hydrogen) atoms. The number of benzene rings is 1. The predicted octanol–water partition coefficient (Wildman–Crippen LogP) is 2.68. The van der Waals surface area contributed by atoms with Crippen LogP contribution in [0.5, 0.6) is 5.75 Å². The van der Waals surface area contributed by atoms with Gasteiger partial charge in [0.2, 0.25) is 0 Å². The molecule has 6 nitrogen and oxygen atoms in total. The third-order valence-corrected chi connectivity index (χ3v) is 4.27. The van der Waals surface area contributed by atoms with Crippen molar-refractivity contribution in [1.29, 1.82) is 0 Å². The second kappa shape index (κ2) is 7.95. The molecule has 1 amide bonds. The Kier molecular flexibility index (Phi) is 6.16. The molecule has 0 bridgehead atoms. The molecule has 0 saturated carbocycles. The summed E-state index contributed by atoms with van der Waals surface area (Å²) in [7, 11) is 1.64. The van der Waals surface area contributed by atoms with Gasteiger partial charge in [0, 0.05) is 44.0 Å². The molecule has 0 aliphatic carbocycles. The fourth-order valence-electron chi connectivity index (χ4n) is 3.04. The predicted molar refractivity (Wildman–Crippen MR) is 98.4 cm³/mol. The van der Waals surface area contributed by atoms with Gasteiger partial charge >= 0.3 is 6.09 Å². The monoisotopic (exact) mass is 350 g/mol. The van der Waals surface area contributed by atoms with Crippen molar-refractivity contribution >= 4 is 11.8 Å². The second-order valence-electron chi connectivity index (χ2n) is 7.44. The highest BCUT2D eigenvalue weighted by Crippen LogP contribution is 2.28. The maximum Gasteiger partial charge on any atom is 0.410 e. The van der Waals surface area contributed by atoms with E-state index in [4.69, 9.17) is 14.6 Å². The lowest BCUT2D eigenvalue weighted by Crippen LogP contribution is -2.55. The van der Waals surface area contributed by atoms with E-state index in [2.05, 4.69) is 4.90 Å². The Morgan fingerprint density at radius 3 is 2.60 bits per heavy atom. The summed E-state index contributed by atoms with van der Waals surface area (Å²) < 4.78 is 10.9. The van der Waals surface area contributed by atoms with Crippen LogP contribution in [0, 0.1) is 0 Å². The Morgan fingerprint density at radius 2 is 2.04 bits per heavy atom. The SMILES string of the molecule is COc1cc(N2CCN(C(=O)OC(C)(C)C)C(C)C2)ccc1CCO. The number of aliphatic hydroxyl groups is 1. The summed E-state index contributed by atoms with van der Waals surface area (Å²) in [6, 6.07) is 6.10. The Morgan fingerprint density at radius 1 is 1.32 bits per heavy atom. The minimum atomic E-state index is -0.482. The highest BCUT2D eigenvalue weighted by atomic mass is 16.6. The fourth-order valence-corrected chi connectivity index (χ4v) is 3.04. The van der Waals surface area contributed by atoms with Crippen LogP contribution in [0.25, 0.3) is 0 Å². The van der Waals surface area contributed by atoms with Crippen LogP contribution >= 0.6 is 0 Å². The van der Waals surface area contributed by atoms with Gasteiger partial charge in [0.1, 0.15) is 11.4 Å². The maximum atomic E-state index is 12.3. The zero-order valence-corrected chi connectivity index (χ0v) is 15.9. The molecule has 0 spiro atoms. The number of hydrogen-bond donors (Lipinski definition) is 1. The van der Waals surface area contributed by atoms with Gasteiger partial charge in [-0.05, 0) is 45.7 Å². The van der Waals surface area contributed by atoms with Crippen molar-refractivity contribution in [2.45, 2.75) is 45.8 Å². The number of carbonyl (C=O) groups is 1. The van der Waals surface area contributed by atoms with E-state index >= 15 is 0 Å². The van der Waals surface area contributed by atoms with Crippen LogP contribution in [0.15, 0.2) is 18.2 Å². The first-order chi connectivity index (χ1) is 11.7. The van der Waals surface area contributed by atoms with Crippen molar-refractivity contribution in [3.8, 4) is 5.75 Å². The van der Waals surface area contributed by atoms with E-state index in [9.17, 15) is 4.79 Å². The average Bonchev–Trinajstić information content (AvgIpc) is 2.53. The van der Waals surface area contributed by atoms with Crippen LogP contribution in [0.4, 0.5) is 10.5 Å². The van der Waals surface area contributed by atoms with Crippen molar-refractivity contribution in [3.05, 3.63) is 23.8 Å². The molecule has 1 aromatic rings. The van der Waals surface area contributed by atoms with Gasteiger partial charge in [0.15, 0.2) is 0 Å². The molecule has 1 fully saturated rings. The molecule has 1 atom stereocenters. The third-order valence-electron chi connectivity index (χ3n) is 4.27. The van der Waals surface area contributed by atoms with E-state index in [1.165, 1.54) is 0 Å². The molecule has 1 saturated heterocycles. The molecular formula is C19H30N2O4. The van der Waals surface area contributed by atoms with Crippen molar-refractivity contribution in [3.63, 3.8) is 0 Å². The molecule has 140 valence electrons. The molecule has 1 unspecified atom stereocenters. The first kappa shape index (κ1) is 19.4. The maximum absolute atomic E-state index is 12.3. The Bertz CT molecular complexity index is 598. The number of anilines is 1. The normalized spacial score (nSPS) is 18.2. The number of hydrogen-bond acceptors (Lipinski definition) is 5. The molecule has 1 heterocycles. The summed E-state index contributed by atoms with van der Waals surface area (Å²) >= 11 is 0. The highest BCUT2D eigenvalue weighted by molar-refractivity contribution is 5.69. The van der Waals surface area contributed by atoms with E-state index in [-0.39, 0.29) is 18.7 Å². The summed E-state index contributed by atoms with van der Waals surface area (Å²) in [6.45, 7) is 9.88. The number of piperazine rings is 1. The van der Waals surface area contributed by atoms with Crippen molar-refractivity contribution < 1.29 is 19.4 Å². The number of carbonyl (C=O) groups excluding carboxylic acids is 1. The summed E-state index contributed by atoms with van der Waals surface area (Å²) in [5.41, 5.74) is 1.58. The zero-order valence-electron chi connectivity index (χ0n) is 15.9. The number of rotatable bonds is 4. The molecule has 1 aliphatic rings. The largest absolute Gasteiger partial charge is 0.496 e. The van der Waals surface area contributed by atoms with E-state index in [0.717, 1.165) is 30.1 Å². The second-order valence-corrected chi connectivity index (χ2v) is 7.44. The van der Waals surface area contributed by atoms with E-state index in [1.54, 1.807) is 12.0 Å². The highest BCUT2D eigenvalue weighted by Gasteiger charge is 2.31. The lowest BCUT2D eigenvalue weighted by molar-refractivity contribution is 0.0159. The number of ether oxygens (including phenoxy) is 2. The van der Waals surface area contributed by atoms with Gasteiger partial charge in [-0.1, -0.05) is 6.07 Å². The van der Waals surface area contributed by atoms with Crippen LogP contribution < -0.4 is 9.64 Å². The van der Waals surface area contributed by atoms with Gasteiger partial charge in [0.25, 0.3) is 0 Å². The van der Waals surface area contributed by atoms with Gasteiger partial charge in [-0.25, -0.2) is 4.79 Å². The molecule has 1 aliphatic heterocycles. The number of aliphatic hydroxyl groups excluding tert-OH is 1. The minimum absolute atomic E-state index is 0.0618. The minimum Gasteiger partial charge on any atom is -0.496 e. The van der Waals surface area contributed by atoms with Gasteiger partial charge in [-0.15, -0.1) is 0 Å². The van der Waals surface area contributed by atoms with Gasteiger partial charge in [0.05, 0.1) is 7.11 Å². The van der Waals surface area contributed by atoms with Crippen LogP contribution in [0.3, 0.4) is 0 Å². The van der Waals surface area contributed by atoms with Crippen molar-refractivity contribution in [2.75, 3.05) is 38.3 Å². The molecular weight excluding hydrogens is 320 g/mol. The van der Waals surface area contributed by atoms with E-state index in [1.807, 2.05) is 45.9 Å². The third kappa shape index (κ3) is 5.01. The lowest BCUT2D eigenvalue weighted by atomic mass is 10.1. The van der Waals surface area contributed by atoms with Crippen LogP contribution in [-0.2, 0) is 11.2 Å². The quantitative estimate of drug-likeness (QED) is 0.905. The first-order valence-electron chi connectivity index (χ1n) is 8.77. The standard InChI is InChI=1S/C19H30N2O4/c1-14-13-20(9-10-21(14)18(23)25-19(2,3)4)16-7-6-15(8-11-22)17(12-16)24-5/h6-7,12,14,22H,8-11,13H2,1-5H3. The fraction of sp³-hybridized carbons (Fsp3) is 0.632. The Balaban J connectivity index is 2.06. The molecule has 1 N–H and O–H groups in total. The number of amides is 1. The topological polar surface area (TPSA) is 62.2 Å². The molecule has 1 aromatic carbocycles.